The van der Waals surface area contributed by atoms with Crippen LogP contribution in [0, 0.1) is 13.8 Å². The largest absolute Gasteiger partial charge is 0.478 e. The Bertz CT molecular complexity index is 1520. The Balaban J connectivity index is 1.75. The van der Waals surface area contributed by atoms with Crippen LogP contribution in [0.25, 0.3) is 10.8 Å². The summed E-state index contributed by atoms with van der Waals surface area (Å²) in [5.41, 5.74) is 2.50. The number of rotatable bonds is 7. The first kappa shape index (κ1) is 24.0. The normalized spacial score (nSPS) is 11.3. The molecule has 0 aromatic heterocycles. The van der Waals surface area contributed by atoms with Gasteiger partial charge < -0.3 is 10.4 Å². The average Bonchev–Trinajstić information content (AvgIpc) is 2.84. The van der Waals surface area contributed by atoms with Gasteiger partial charge in [-0.05, 0) is 66.8 Å². The number of fused-ring (bicyclic) bond motifs is 1. The van der Waals surface area contributed by atoms with Crippen molar-refractivity contribution in [2.75, 3.05) is 16.2 Å². The summed E-state index contributed by atoms with van der Waals surface area (Å²) in [6.45, 7) is 3.24. The minimum atomic E-state index is -4.13. The van der Waals surface area contributed by atoms with E-state index in [4.69, 9.17) is 5.11 Å². The van der Waals surface area contributed by atoms with Crippen molar-refractivity contribution in [1.82, 2.24) is 0 Å². The van der Waals surface area contributed by atoms with E-state index < -0.39 is 28.4 Å². The van der Waals surface area contributed by atoms with Crippen LogP contribution in [0.4, 0.5) is 11.4 Å². The highest BCUT2D eigenvalue weighted by molar-refractivity contribution is 7.93. The van der Waals surface area contributed by atoms with Gasteiger partial charge in [-0.1, -0.05) is 48.5 Å². The highest BCUT2D eigenvalue weighted by Crippen LogP contribution is 2.32. The molecule has 1 amide bonds. The van der Waals surface area contributed by atoms with Crippen molar-refractivity contribution in [3.63, 3.8) is 0 Å². The Morgan fingerprint density at radius 1 is 0.857 bits per heavy atom. The summed E-state index contributed by atoms with van der Waals surface area (Å²) < 4.78 is 29.1. The van der Waals surface area contributed by atoms with Crippen LogP contribution in [-0.4, -0.2) is 31.9 Å². The first-order chi connectivity index (χ1) is 16.7. The molecule has 0 radical (unpaired) electrons. The number of aryl methyl sites for hydroxylation is 1. The Morgan fingerprint density at radius 2 is 1.51 bits per heavy atom. The lowest BCUT2D eigenvalue weighted by Crippen LogP contribution is -2.38. The zero-order valence-corrected chi connectivity index (χ0v) is 20.0. The number of hydrogen-bond donors (Lipinski definition) is 2. The number of nitrogens with zero attached hydrogens (tertiary/aromatic N) is 1. The highest BCUT2D eigenvalue weighted by atomic mass is 32.2. The van der Waals surface area contributed by atoms with E-state index in [-0.39, 0.29) is 10.5 Å². The first-order valence-electron chi connectivity index (χ1n) is 10.9. The number of amides is 1. The van der Waals surface area contributed by atoms with Crippen molar-refractivity contribution in [1.29, 1.82) is 0 Å². The van der Waals surface area contributed by atoms with E-state index in [1.54, 1.807) is 36.4 Å². The zero-order chi connectivity index (χ0) is 25.2. The topological polar surface area (TPSA) is 104 Å². The summed E-state index contributed by atoms with van der Waals surface area (Å²) in [7, 11) is -4.13. The SMILES string of the molecule is Cc1cccc(N(CC(=O)Nc2ccc(C(=O)O)cc2)S(=O)(=O)c2cccc3ccccc23)c1C. The molecule has 0 atom stereocenters. The van der Waals surface area contributed by atoms with Gasteiger partial charge in [0, 0.05) is 11.1 Å². The van der Waals surface area contributed by atoms with Crippen molar-refractivity contribution in [2.24, 2.45) is 0 Å². The molecule has 178 valence electrons. The smallest absolute Gasteiger partial charge is 0.335 e. The van der Waals surface area contributed by atoms with E-state index in [0.717, 1.165) is 20.8 Å². The molecule has 2 N–H and O–H groups in total. The lowest BCUT2D eigenvalue weighted by molar-refractivity contribution is -0.114. The second kappa shape index (κ2) is 9.60. The third-order valence-electron chi connectivity index (χ3n) is 5.87. The predicted molar refractivity (Wildman–Crippen MR) is 136 cm³/mol. The number of carbonyl (C=O) groups excluding carboxylic acids is 1. The molecule has 0 saturated carbocycles. The Hall–Kier alpha value is -4.17. The van der Waals surface area contributed by atoms with E-state index >= 15 is 0 Å². The van der Waals surface area contributed by atoms with Crippen LogP contribution in [-0.2, 0) is 14.8 Å². The Labute approximate surface area is 203 Å². The van der Waals surface area contributed by atoms with Gasteiger partial charge in [-0.3, -0.25) is 9.10 Å². The molecule has 4 rings (SSSR count). The van der Waals surface area contributed by atoms with Crippen LogP contribution >= 0.6 is 0 Å². The van der Waals surface area contributed by atoms with Gasteiger partial charge in [0.15, 0.2) is 0 Å². The number of carboxylic acid groups (broad SMARTS) is 1. The van der Waals surface area contributed by atoms with Crippen molar-refractivity contribution in [2.45, 2.75) is 18.7 Å². The molecule has 7 nitrogen and oxygen atoms in total. The quantitative estimate of drug-likeness (QED) is 0.381. The first-order valence-corrected chi connectivity index (χ1v) is 12.3. The van der Waals surface area contributed by atoms with Crippen LogP contribution in [0.3, 0.4) is 0 Å². The van der Waals surface area contributed by atoms with Crippen LogP contribution in [0.15, 0.2) is 89.8 Å². The molecule has 8 heteroatoms. The van der Waals surface area contributed by atoms with Gasteiger partial charge in [-0.2, -0.15) is 0 Å². The number of sulfonamides is 1. The monoisotopic (exact) mass is 488 g/mol. The third-order valence-corrected chi connectivity index (χ3v) is 7.68. The molecule has 4 aromatic carbocycles. The standard InChI is InChI=1S/C27H24N2O5S/c1-18-7-5-11-24(19(18)2)29(17-26(30)28-22-15-13-21(14-16-22)27(31)32)35(33,34)25-12-6-9-20-8-3-4-10-23(20)25/h3-16H,17H2,1-2H3,(H,28,30)(H,31,32). The average molecular weight is 489 g/mol. The van der Waals surface area contributed by atoms with Crippen LogP contribution in [0.5, 0.6) is 0 Å². The maximum Gasteiger partial charge on any atom is 0.335 e. The predicted octanol–water partition coefficient (Wildman–Crippen LogP) is 4.99. The summed E-state index contributed by atoms with van der Waals surface area (Å²) in [6, 6.07) is 23.2. The fraction of sp³-hybridized carbons (Fsp3) is 0.111. The molecule has 0 fully saturated rings. The molecule has 0 aliphatic heterocycles. The number of carboxylic acids is 1. The fourth-order valence-corrected chi connectivity index (χ4v) is 5.57. The summed E-state index contributed by atoms with van der Waals surface area (Å²) >= 11 is 0. The zero-order valence-electron chi connectivity index (χ0n) is 19.2. The Morgan fingerprint density at radius 3 is 2.23 bits per heavy atom. The summed E-state index contributed by atoms with van der Waals surface area (Å²) in [6.07, 6.45) is 0. The van der Waals surface area contributed by atoms with Gasteiger partial charge in [0.2, 0.25) is 5.91 Å². The molecule has 0 saturated heterocycles. The van der Waals surface area contributed by atoms with Crippen molar-refractivity contribution in [3.8, 4) is 0 Å². The number of carbonyl (C=O) groups is 2. The van der Waals surface area contributed by atoms with Crippen LogP contribution in [0.1, 0.15) is 21.5 Å². The molecule has 0 aliphatic carbocycles. The number of aromatic carboxylic acids is 1. The lowest BCUT2D eigenvalue weighted by Gasteiger charge is -2.27. The van der Waals surface area contributed by atoms with Gasteiger partial charge >= 0.3 is 5.97 Å². The molecular weight excluding hydrogens is 464 g/mol. The van der Waals surface area contributed by atoms with Crippen molar-refractivity contribution in [3.05, 3.63) is 102 Å². The number of benzene rings is 4. The number of hydrogen-bond acceptors (Lipinski definition) is 4. The molecule has 35 heavy (non-hydrogen) atoms. The van der Waals surface area contributed by atoms with Crippen molar-refractivity contribution < 1.29 is 23.1 Å². The lowest BCUT2D eigenvalue weighted by atomic mass is 10.1. The summed E-state index contributed by atoms with van der Waals surface area (Å²) in [4.78, 5) is 24.2. The van der Waals surface area contributed by atoms with E-state index in [1.165, 1.54) is 24.3 Å². The molecule has 0 spiro atoms. The molecule has 0 unspecified atom stereocenters. The molecule has 4 aromatic rings. The fourth-order valence-electron chi connectivity index (χ4n) is 3.87. The van der Waals surface area contributed by atoms with Gasteiger partial charge in [0.25, 0.3) is 10.0 Å². The van der Waals surface area contributed by atoms with E-state index in [9.17, 15) is 18.0 Å². The van der Waals surface area contributed by atoms with Gasteiger partial charge in [0.1, 0.15) is 6.54 Å². The minimum Gasteiger partial charge on any atom is -0.478 e. The van der Waals surface area contributed by atoms with Gasteiger partial charge in [-0.15, -0.1) is 0 Å². The maximum absolute atomic E-state index is 14.0. The molecule has 0 aliphatic rings. The molecule has 0 bridgehead atoms. The highest BCUT2D eigenvalue weighted by Gasteiger charge is 2.30. The molecule has 0 heterocycles. The third kappa shape index (κ3) is 4.88. The number of nitrogens with one attached hydrogen (secondary N) is 1. The minimum absolute atomic E-state index is 0.0820. The van der Waals surface area contributed by atoms with E-state index in [1.807, 2.05) is 38.1 Å². The van der Waals surface area contributed by atoms with Crippen molar-refractivity contribution >= 4 is 44.0 Å². The Kier molecular flexibility index (Phi) is 6.57. The van der Waals surface area contributed by atoms with Gasteiger partial charge in [-0.25, -0.2) is 13.2 Å². The van der Waals surface area contributed by atoms with Gasteiger partial charge in [0.05, 0.1) is 16.1 Å². The van der Waals surface area contributed by atoms with E-state index in [0.29, 0.717) is 16.8 Å². The summed E-state index contributed by atoms with van der Waals surface area (Å²) in [5, 5.41) is 13.1. The summed E-state index contributed by atoms with van der Waals surface area (Å²) in [5.74, 6) is -1.64. The second-order valence-electron chi connectivity index (χ2n) is 8.14. The second-order valence-corrected chi connectivity index (χ2v) is 9.97. The van der Waals surface area contributed by atoms with Crippen LogP contribution in [0.2, 0.25) is 0 Å². The number of anilines is 2. The van der Waals surface area contributed by atoms with E-state index in [2.05, 4.69) is 5.32 Å². The maximum atomic E-state index is 14.0. The molecular formula is C27H24N2O5S. The van der Waals surface area contributed by atoms with Crippen LogP contribution < -0.4 is 9.62 Å².